The molecule has 2 bridgehead atoms. The summed E-state index contributed by atoms with van der Waals surface area (Å²) in [6.45, 7) is 7.92. The molecule has 0 saturated heterocycles. The Morgan fingerprint density at radius 1 is 1.12 bits per heavy atom. The highest BCUT2D eigenvalue weighted by molar-refractivity contribution is 5.77. The molecule has 24 heavy (non-hydrogen) atoms. The van der Waals surface area contributed by atoms with Gasteiger partial charge in [0.05, 0.1) is 11.3 Å². The highest BCUT2D eigenvalue weighted by Crippen LogP contribution is 2.51. The summed E-state index contributed by atoms with van der Waals surface area (Å²) in [4.78, 5) is 25.1. The number of carbonyl (C=O) groups excluding carboxylic acids is 2. The van der Waals surface area contributed by atoms with Gasteiger partial charge in [0.1, 0.15) is 11.7 Å². The average Bonchev–Trinajstić information content (AvgIpc) is 3.22. The number of fused-ring (bicyclic) bond motifs is 2. The minimum atomic E-state index is -0.449. The monoisotopic (exact) mass is 336 g/mol. The number of hydrogen-bond acceptors (Lipinski definition) is 4. The van der Waals surface area contributed by atoms with Gasteiger partial charge in [0, 0.05) is 5.92 Å². The first-order valence-electron chi connectivity index (χ1n) is 9.68. The molecule has 0 aromatic heterocycles. The number of ether oxygens (including phenoxy) is 2. The maximum atomic E-state index is 12.7. The lowest BCUT2D eigenvalue weighted by molar-refractivity contribution is -0.173. The highest BCUT2D eigenvalue weighted by atomic mass is 16.6. The molecule has 3 aliphatic rings. The van der Waals surface area contributed by atoms with Crippen LogP contribution in [0.25, 0.3) is 0 Å². The standard InChI is InChI=1S/C20H32O4/c1-5-19(2,3)18(22)23-16-12-13-10-14(16)15(11-13)17(21)24-20(4)8-6-7-9-20/h13-16H,5-12H2,1-4H3. The molecule has 3 saturated carbocycles. The molecule has 0 aromatic carbocycles. The van der Waals surface area contributed by atoms with E-state index in [1.54, 1.807) is 0 Å². The van der Waals surface area contributed by atoms with Crippen LogP contribution in [0.1, 0.15) is 79.1 Å². The van der Waals surface area contributed by atoms with Gasteiger partial charge in [-0.05, 0) is 78.1 Å². The highest BCUT2D eigenvalue weighted by Gasteiger charge is 2.52. The second-order valence-electron chi connectivity index (χ2n) is 9.10. The zero-order valence-electron chi connectivity index (χ0n) is 15.6. The Kier molecular flexibility index (Phi) is 4.69. The maximum Gasteiger partial charge on any atom is 0.311 e. The molecule has 0 heterocycles. The van der Waals surface area contributed by atoms with Crippen molar-refractivity contribution in [3.8, 4) is 0 Å². The van der Waals surface area contributed by atoms with Crippen LogP contribution in [0, 0.1) is 23.2 Å². The van der Waals surface area contributed by atoms with Crippen molar-refractivity contribution in [1.29, 1.82) is 0 Å². The van der Waals surface area contributed by atoms with Crippen LogP contribution < -0.4 is 0 Å². The molecular weight excluding hydrogens is 304 g/mol. The number of esters is 2. The fourth-order valence-corrected chi connectivity index (χ4v) is 4.68. The molecule has 0 aromatic rings. The molecule has 0 N–H and O–H groups in total. The molecule has 0 spiro atoms. The molecule has 3 fully saturated rings. The molecule has 0 amide bonds. The molecule has 3 rings (SSSR count). The van der Waals surface area contributed by atoms with Crippen LogP contribution in [0.4, 0.5) is 0 Å². The fraction of sp³-hybridized carbons (Fsp3) is 0.900. The predicted octanol–water partition coefficient (Wildman–Crippen LogP) is 4.26. The van der Waals surface area contributed by atoms with Crippen LogP contribution in [0.5, 0.6) is 0 Å². The maximum absolute atomic E-state index is 12.7. The van der Waals surface area contributed by atoms with Crippen molar-refractivity contribution in [3.05, 3.63) is 0 Å². The summed E-state index contributed by atoms with van der Waals surface area (Å²) in [5.74, 6) is 0.402. The van der Waals surface area contributed by atoms with Gasteiger partial charge in [0.15, 0.2) is 0 Å². The third kappa shape index (κ3) is 3.34. The Hall–Kier alpha value is -1.06. The van der Waals surface area contributed by atoms with Crippen LogP contribution in [0.15, 0.2) is 0 Å². The summed E-state index contributed by atoms with van der Waals surface area (Å²) >= 11 is 0. The van der Waals surface area contributed by atoms with E-state index in [2.05, 4.69) is 6.92 Å². The Labute approximate surface area is 145 Å². The third-order valence-corrected chi connectivity index (χ3v) is 6.76. The van der Waals surface area contributed by atoms with E-state index in [4.69, 9.17) is 9.47 Å². The van der Waals surface area contributed by atoms with E-state index in [0.29, 0.717) is 5.92 Å². The van der Waals surface area contributed by atoms with Gasteiger partial charge in [-0.1, -0.05) is 6.92 Å². The Morgan fingerprint density at radius 3 is 2.38 bits per heavy atom. The van der Waals surface area contributed by atoms with E-state index < -0.39 is 5.41 Å². The van der Waals surface area contributed by atoms with E-state index in [0.717, 1.165) is 51.4 Å². The Balaban J connectivity index is 1.61. The summed E-state index contributed by atoms with van der Waals surface area (Å²) in [5, 5.41) is 0. The van der Waals surface area contributed by atoms with E-state index in [1.165, 1.54) is 0 Å². The predicted molar refractivity (Wildman–Crippen MR) is 91.2 cm³/mol. The van der Waals surface area contributed by atoms with Gasteiger partial charge in [-0.3, -0.25) is 9.59 Å². The molecule has 3 aliphatic carbocycles. The number of rotatable bonds is 5. The van der Waals surface area contributed by atoms with E-state index >= 15 is 0 Å². The number of hydrogen-bond donors (Lipinski definition) is 0. The normalized spacial score (nSPS) is 34.3. The SMILES string of the molecule is CCC(C)(C)C(=O)OC1CC2CC(C(=O)OC3(C)CCCC3)C1C2. The summed E-state index contributed by atoms with van der Waals surface area (Å²) in [6.07, 6.45) is 7.72. The van der Waals surface area contributed by atoms with Gasteiger partial charge in [0.2, 0.25) is 0 Å². The smallest absolute Gasteiger partial charge is 0.311 e. The first-order valence-corrected chi connectivity index (χ1v) is 9.68. The first kappa shape index (κ1) is 17.8. The minimum absolute atomic E-state index is 0.0533. The molecular formula is C20H32O4. The molecule has 0 radical (unpaired) electrons. The van der Waals surface area contributed by atoms with Crippen molar-refractivity contribution in [2.75, 3.05) is 0 Å². The van der Waals surface area contributed by atoms with E-state index in [-0.39, 0.29) is 35.5 Å². The van der Waals surface area contributed by atoms with Gasteiger partial charge in [-0.2, -0.15) is 0 Å². The Bertz CT molecular complexity index is 504. The van der Waals surface area contributed by atoms with Gasteiger partial charge >= 0.3 is 11.9 Å². The van der Waals surface area contributed by atoms with Crippen LogP contribution in [-0.4, -0.2) is 23.6 Å². The van der Waals surface area contributed by atoms with Gasteiger partial charge in [0.25, 0.3) is 0 Å². The lowest BCUT2D eigenvalue weighted by Crippen LogP contribution is -2.39. The zero-order valence-corrected chi connectivity index (χ0v) is 15.6. The largest absolute Gasteiger partial charge is 0.462 e. The molecule has 4 unspecified atom stereocenters. The molecule has 4 heteroatoms. The summed E-state index contributed by atoms with van der Waals surface area (Å²) in [7, 11) is 0. The summed E-state index contributed by atoms with van der Waals surface area (Å²) < 4.78 is 11.7. The second-order valence-corrected chi connectivity index (χ2v) is 9.10. The summed E-state index contributed by atoms with van der Waals surface area (Å²) in [5.41, 5.74) is -0.718. The lowest BCUT2D eigenvalue weighted by atomic mass is 9.85. The van der Waals surface area contributed by atoms with Crippen molar-refractivity contribution >= 4 is 11.9 Å². The zero-order chi connectivity index (χ0) is 17.5. The second kappa shape index (κ2) is 6.34. The van der Waals surface area contributed by atoms with Crippen LogP contribution in [-0.2, 0) is 19.1 Å². The van der Waals surface area contributed by atoms with Crippen molar-refractivity contribution in [1.82, 2.24) is 0 Å². The van der Waals surface area contributed by atoms with Crippen molar-refractivity contribution in [2.45, 2.75) is 90.8 Å². The van der Waals surface area contributed by atoms with E-state index in [9.17, 15) is 9.59 Å². The first-order chi connectivity index (χ1) is 11.2. The van der Waals surface area contributed by atoms with Crippen molar-refractivity contribution < 1.29 is 19.1 Å². The third-order valence-electron chi connectivity index (χ3n) is 6.76. The van der Waals surface area contributed by atoms with E-state index in [1.807, 2.05) is 20.8 Å². The van der Waals surface area contributed by atoms with Crippen molar-refractivity contribution in [2.24, 2.45) is 23.2 Å². The lowest BCUT2D eigenvalue weighted by Gasteiger charge is -2.33. The minimum Gasteiger partial charge on any atom is -0.462 e. The van der Waals surface area contributed by atoms with Gasteiger partial charge in [-0.15, -0.1) is 0 Å². The fourth-order valence-electron chi connectivity index (χ4n) is 4.68. The van der Waals surface area contributed by atoms with Crippen LogP contribution in [0.3, 0.4) is 0 Å². The average molecular weight is 336 g/mol. The molecule has 4 nitrogen and oxygen atoms in total. The molecule has 4 atom stereocenters. The van der Waals surface area contributed by atoms with Crippen molar-refractivity contribution in [3.63, 3.8) is 0 Å². The van der Waals surface area contributed by atoms with Crippen LogP contribution >= 0.6 is 0 Å². The van der Waals surface area contributed by atoms with Crippen LogP contribution in [0.2, 0.25) is 0 Å². The summed E-state index contributed by atoms with van der Waals surface area (Å²) in [6, 6.07) is 0. The quantitative estimate of drug-likeness (QED) is 0.704. The van der Waals surface area contributed by atoms with Gasteiger partial charge < -0.3 is 9.47 Å². The molecule has 136 valence electrons. The Morgan fingerprint density at radius 2 is 1.79 bits per heavy atom. The number of carbonyl (C=O) groups is 2. The topological polar surface area (TPSA) is 52.6 Å². The molecule has 0 aliphatic heterocycles. The van der Waals surface area contributed by atoms with Gasteiger partial charge in [-0.25, -0.2) is 0 Å².